The number of amides is 3. The minimum Gasteiger partial charge on any atom is -0.376 e. The van der Waals surface area contributed by atoms with Crippen molar-refractivity contribution >= 4 is 23.3 Å². The van der Waals surface area contributed by atoms with E-state index in [0.717, 1.165) is 19.4 Å². The maximum absolute atomic E-state index is 12.2. The summed E-state index contributed by atoms with van der Waals surface area (Å²) in [6.45, 7) is 7.26. The van der Waals surface area contributed by atoms with E-state index in [4.69, 9.17) is 9.26 Å². The minimum absolute atomic E-state index is 0.0977. The molecule has 162 valence electrons. The Morgan fingerprint density at radius 3 is 2.43 bits per heavy atom. The van der Waals surface area contributed by atoms with E-state index >= 15 is 0 Å². The average molecular weight is 415 g/mol. The molecule has 9 nitrogen and oxygen atoms in total. The van der Waals surface area contributed by atoms with Crippen LogP contribution in [0.1, 0.15) is 51.7 Å². The van der Waals surface area contributed by atoms with Crippen molar-refractivity contribution < 1.29 is 18.8 Å². The lowest BCUT2D eigenvalue weighted by atomic mass is 9.96. The molecule has 1 aromatic heterocycles. The van der Waals surface area contributed by atoms with Gasteiger partial charge in [0.1, 0.15) is 0 Å². The summed E-state index contributed by atoms with van der Waals surface area (Å²) in [5.41, 5.74) is 1.09. The molecule has 1 atom stereocenters. The van der Waals surface area contributed by atoms with Crippen LogP contribution in [0.4, 0.5) is 16.2 Å². The molecule has 2 heterocycles. The van der Waals surface area contributed by atoms with Gasteiger partial charge in [-0.1, -0.05) is 25.9 Å². The number of hydrogen-bond acceptors (Lipinski definition) is 6. The number of aromatic nitrogens is 2. The number of carbonyl (C=O) groups excluding carboxylic acids is 2. The van der Waals surface area contributed by atoms with E-state index in [2.05, 4.69) is 26.1 Å². The molecule has 0 bridgehead atoms. The summed E-state index contributed by atoms with van der Waals surface area (Å²) in [6.07, 6.45) is 2.71. The maximum atomic E-state index is 12.2. The van der Waals surface area contributed by atoms with E-state index in [0.29, 0.717) is 36.1 Å². The van der Waals surface area contributed by atoms with Crippen molar-refractivity contribution in [3.8, 4) is 0 Å². The topological polar surface area (TPSA) is 118 Å². The number of carbonyl (C=O) groups is 2. The highest BCUT2D eigenvalue weighted by atomic mass is 16.5. The first-order valence-corrected chi connectivity index (χ1v) is 10.2. The van der Waals surface area contributed by atoms with Gasteiger partial charge in [0.05, 0.1) is 6.10 Å². The maximum Gasteiger partial charge on any atom is 0.319 e. The van der Waals surface area contributed by atoms with E-state index in [1.165, 1.54) is 0 Å². The number of urea groups is 1. The lowest BCUT2D eigenvalue weighted by Gasteiger charge is -2.12. The molecule has 1 aliphatic heterocycles. The first-order chi connectivity index (χ1) is 14.3. The van der Waals surface area contributed by atoms with E-state index in [1.54, 1.807) is 24.3 Å². The molecule has 2 aromatic rings. The molecule has 3 amide bonds. The van der Waals surface area contributed by atoms with Crippen molar-refractivity contribution in [2.45, 2.75) is 58.0 Å². The van der Waals surface area contributed by atoms with Crippen LogP contribution in [-0.4, -0.2) is 41.3 Å². The number of benzene rings is 1. The monoisotopic (exact) mass is 415 g/mol. The lowest BCUT2D eigenvalue weighted by molar-refractivity contribution is -0.116. The standard InChI is InChI=1S/C21H29N5O4/c1-21(2,3)19-25-18(30-26-19)11-10-17(27)23-14-6-8-15(9-7-14)24-20(28)22-13-16-5-4-12-29-16/h6-9,16H,4-5,10-13H2,1-3H3,(H,23,27)(H2,22,24,28). The molecule has 0 spiro atoms. The second-order valence-electron chi connectivity index (χ2n) is 8.36. The van der Waals surface area contributed by atoms with Gasteiger partial charge >= 0.3 is 6.03 Å². The predicted octanol–water partition coefficient (Wildman–Crippen LogP) is 3.24. The highest BCUT2D eigenvalue weighted by molar-refractivity contribution is 5.92. The normalized spacial score (nSPS) is 16.3. The summed E-state index contributed by atoms with van der Waals surface area (Å²) in [6, 6.07) is 6.65. The summed E-state index contributed by atoms with van der Waals surface area (Å²) in [7, 11) is 0. The Morgan fingerprint density at radius 2 is 1.83 bits per heavy atom. The van der Waals surface area contributed by atoms with Crippen molar-refractivity contribution in [3.05, 3.63) is 36.0 Å². The van der Waals surface area contributed by atoms with Crippen molar-refractivity contribution in [3.63, 3.8) is 0 Å². The first kappa shape index (κ1) is 21.8. The Hall–Kier alpha value is -2.94. The quantitative estimate of drug-likeness (QED) is 0.639. The molecule has 1 unspecified atom stereocenters. The van der Waals surface area contributed by atoms with Gasteiger partial charge in [0.25, 0.3) is 0 Å². The van der Waals surface area contributed by atoms with Crippen molar-refractivity contribution in [1.82, 2.24) is 15.5 Å². The van der Waals surface area contributed by atoms with Crippen LogP contribution in [0.15, 0.2) is 28.8 Å². The predicted molar refractivity (Wildman–Crippen MR) is 112 cm³/mol. The number of aryl methyl sites for hydroxylation is 1. The van der Waals surface area contributed by atoms with Crippen LogP contribution in [0.2, 0.25) is 0 Å². The fraction of sp³-hybridized carbons (Fsp3) is 0.524. The third kappa shape index (κ3) is 6.55. The average Bonchev–Trinajstić information content (AvgIpc) is 3.38. The summed E-state index contributed by atoms with van der Waals surface area (Å²) >= 11 is 0. The third-order valence-electron chi connectivity index (χ3n) is 4.65. The molecule has 0 radical (unpaired) electrons. The number of hydrogen-bond donors (Lipinski definition) is 3. The molecule has 30 heavy (non-hydrogen) atoms. The van der Waals surface area contributed by atoms with Gasteiger partial charge in [0, 0.05) is 42.8 Å². The summed E-state index contributed by atoms with van der Waals surface area (Å²) < 4.78 is 10.7. The van der Waals surface area contributed by atoms with Crippen LogP contribution in [0, 0.1) is 0 Å². The molecule has 1 aromatic carbocycles. The van der Waals surface area contributed by atoms with E-state index < -0.39 is 0 Å². The van der Waals surface area contributed by atoms with Crippen molar-refractivity contribution in [1.29, 1.82) is 0 Å². The zero-order valence-electron chi connectivity index (χ0n) is 17.7. The SMILES string of the molecule is CC(C)(C)c1noc(CCC(=O)Nc2ccc(NC(=O)NCC3CCCO3)cc2)n1. The second-order valence-corrected chi connectivity index (χ2v) is 8.36. The van der Waals surface area contributed by atoms with Crippen LogP contribution >= 0.6 is 0 Å². The molecule has 3 rings (SSSR count). The minimum atomic E-state index is -0.281. The summed E-state index contributed by atoms with van der Waals surface area (Å²) in [4.78, 5) is 28.4. The largest absolute Gasteiger partial charge is 0.376 e. The van der Waals surface area contributed by atoms with Crippen LogP contribution in [0.25, 0.3) is 0 Å². The molecular formula is C21H29N5O4. The Labute approximate surface area is 175 Å². The third-order valence-corrected chi connectivity index (χ3v) is 4.65. The number of nitrogens with one attached hydrogen (secondary N) is 3. The highest BCUT2D eigenvalue weighted by Gasteiger charge is 2.21. The number of ether oxygens (including phenoxy) is 1. The van der Waals surface area contributed by atoms with Crippen molar-refractivity contribution in [2.24, 2.45) is 0 Å². The van der Waals surface area contributed by atoms with Crippen LogP contribution in [0.3, 0.4) is 0 Å². The Bertz CT molecular complexity index is 851. The van der Waals surface area contributed by atoms with Gasteiger partial charge in [0.2, 0.25) is 11.8 Å². The fourth-order valence-electron chi connectivity index (χ4n) is 2.93. The molecule has 0 saturated carbocycles. The number of nitrogens with zero attached hydrogens (tertiary/aromatic N) is 2. The number of anilines is 2. The zero-order chi connectivity index (χ0) is 21.6. The molecule has 9 heteroatoms. The molecule has 1 saturated heterocycles. The van der Waals surface area contributed by atoms with Gasteiger partial charge in [-0.05, 0) is 37.1 Å². The molecule has 1 aliphatic rings. The zero-order valence-corrected chi connectivity index (χ0v) is 17.7. The van der Waals surface area contributed by atoms with Gasteiger partial charge in [-0.15, -0.1) is 0 Å². The molecular weight excluding hydrogens is 386 g/mol. The Kier molecular flexibility index (Phi) is 7.04. The van der Waals surface area contributed by atoms with Crippen LogP contribution < -0.4 is 16.0 Å². The van der Waals surface area contributed by atoms with Gasteiger partial charge in [-0.3, -0.25) is 4.79 Å². The molecule has 0 aliphatic carbocycles. The van der Waals surface area contributed by atoms with Crippen molar-refractivity contribution in [2.75, 3.05) is 23.8 Å². The second kappa shape index (κ2) is 9.71. The van der Waals surface area contributed by atoms with Gasteiger partial charge in [-0.2, -0.15) is 4.98 Å². The molecule has 1 fully saturated rings. The van der Waals surface area contributed by atoms with E-state index in [9.17, 15) is 9.59 Å². The summed E-state index contributed by atoms with van der Waals surface area (Å²) in [5.74, 6) is 0.921. The van der Waals surface area contributed by atoms with Gasteiger partial charge in [-0.25, -0.2) is 4.79 Å². The highest BCUT2D eigenvalue weighted by Crippen LogP contribution is 2.19. The van der Waals surface area contributed by atoms with Gasteiger partial charge < -0.3 is 25.2 Å². The fourth-order valence-corrected chi connectivity index (χ4v) is 2.93. The van der Waals surface area contributed by atoms with Gasteiger partial charge in [0.15, 0.2) is 5.82 Å². The van der Waals surface area contributed by atoms with E-state index in [-0.39, 0.29) is 29.9 Å². The van der Waals surface area contributed by atoms with Crippen LogP contribution in [0.5, 0.6) is 0 Å². The Morgan fingerprint density at radius 1 is 1.13 bits per heavy atom. The first-order valence-electron chi connectivity index (χ1n) is 10.2. The van der Waals surface area contributed by atoms with Crippen LogP contribution in [-0.2, 0) is 21.4 Å². The van der Waals surface area contributed by atoms with E-state index in [1.807, 2.05) is 20.8 Å². The number of rotatable bonds is 7. The Balaban J connectivity index is 1.40. The lowest BCUT2D eigenvalue weighted by Crippen LogP contribution is -2.35. The molecule has 3 N–H and O–H groups in total. The summed E-state index contributed by atoms with van der Waals surface area (Å²) in [5, 5.41) is 12.3. The smallest absolute Gasteiger partial charge is 0.319 e.